The van der Waals surface area contributed by atoms with Crippen molar-refractivity contribution in [2.24, 2.45) is 5.73 Å². The number of cyclic esters (lactones) is 1. The molecule has 0 radical (unpaired) electrons. The van der Waals surface area contributed by atoms with Gasteiger partial charge in [-0.25, -0.2) is 9.18 Å². The van der Waals surface area contributed by atoms with E-state index in [-0.39, 0.29) is 5.82 Å². The van der Waals surface area contributed by atoms with Crippen molar-refractivity contribution in [3.05, 3.63) is 35.6 Å². The molecular weight excluding hydrogens is 161 g/mol. The molecule has 1 aromatic carbocycles. The average molecular weight is 167 g/mol. The summed E-state index contributed by atoms with van der Waals surface area (Å²) in [5, 5.41) is 0. The second kappa shape index (κ2) is 2.04. The molecule has 2 N–H and O–H groups in total. The van der Waals surface area contributed by atoms with E-state index in [9.17, 15) is 9.18 Å². The standard InChI is InChI=1S/C8H6FNO2/c9-6-3-1-5(2-4-6)8(10)7(11)12-8/h1-4H,10H2/t8-/m1/s1. The van der Waals surface area contributed by atoms with E-state index in [0.29, 0.717) is 5.56 Å². The van der Waals surface area contributed by atoms with Crippen LogP contribution in [0.25, 0.3) is 0 Å². The van der Waals surface area contributed by atoms with Gasteiger partial charge in [0.1, 0.15) is 5.82 Å². The molecule has 1 aliphatic heterocycles. The van der Waals surface area contributed by atoms with Crippen LogP contribution >= 0.6 is 0 Å². The molecule has 0 amide bonds. The highest BCUT2D eigenvalue weighted by molar-refractivity contribution is 5.93. The summed E-state index contributed by atoms with van der Waals surface area (Å²) >= 11 is 0. The summed E-state index contributed by atoms with van der Waals surface area (Å²) in [4.78, 5) is 10.7. The van der Waals surface area contributed by atoms with E-state index in [1.165, 1.54) is 24.3 Å². The van der Waals surface area contributed by atoms with Gasteiger partial charge in [-0.05, 0) is 12.1 Å². The molecule has 1 aromatic rings. The number of nitrogens with two attached hydrogens (primary N) is 1. The molecule has 3 nitrogen and oxygen atoms in total. The van der Waals surface area contributed by atoms with Gasteiger partial charge in [0.05, 0.1) is 0 Å². The Morgan fingerprint density at radius 2 is 1.83 bits per heavy atom. The SMILES string of the molecule is N[C@]1(c2ccc(F)cc2)OC1=O. The van der Waals surface area contributed by atoms with Gasteiger partial charge in [-0.15, -0.1) is 0 Å². The van der Waals surface area contributed by atoms with E-state index in [0.717, 1.165) is 0 Å². The quantitative estimate of drug-likeness (QED) is 0.619. The third-order valence-electron chi connectivity index (χ3n) is 1.79. The first kappa shape index (κ1) is 7.24. The molecule has 4 heteroatoms. The van der Waals surface area contributed by atoms with Gasteiger partial charge in [0.25, 0.3) is 5.72 Å². The van der Waals surface area contributed by atoms with Gasteiger partial charge < -0.3 is 4.74 Å². The highest BCUT2D eigenvalue weighted by Gasteiger charge is 2.56. The molecule has 1 atom stereocenters. The predicted molar refractivity (Wildman–Crippen MR) is 38.4 cm³/mol. The zero-order valence-electron chi connectivity index (χ0n) is 6.08. The Bertz CT molecular complexity index is 335. The van der Waals surface area contributed by atoms with Crippen molar-refractivity contribution in [3.63, 3.8) is 0 Å². The van der Waals surface area contributed by atoms with Gasteiger partial charge in [-0.1, -0.05) is 12.1 Å². The number of halogens is 1. The molecule has 2 rings (SSSR count). The number of benzene rings is 1. The lowest BCUT2D eigenvalue weighted by Gasteiger charge is -1.99. The number of carbonyl (C=O) groups is 1. The zero-order valence-corrected chi connectivity index (χ0v) is 6.08. The van der Waals surface area contributed by atoms with Gasteiger partial charge in [0.15, 0.2) is 0 Å². The van der Waals surface area contributed by atoms with E-state index in [1.807, 2.05) is 0 Å². The minimum atomic E-state index is -1.31. The highest BCUT2D eigenvalue weighted by Crippen LogP contribution is 2.34. The molecule has 0 spiro atoms. The van der Waals surface area contributed by atoms with Crippen LogP contribution in [0.15, 0.2) is 24.3 Å². The molecule has 0 unspecified atom stereocenters. The van der Waals surface area contributed by atoms with E-state index < -0.39 is 11.7 Å². The van der Waals surface area contributed by atoms with E-state index in [4.69, 9.17) is 5.73 Å². The monoisotopic (exact) mass is 167 g/mol. The van der Waals surface area contributed by atoms with Gasteiger partial charge >= 0.3 is 5.97 Å². The Balaban J connectivity index is 2.37. The molecule has 0 saturated carbocycles. The second-order valence-corrected chi connectivity index (χ2v) is 2.63. The van der Waals surface area contributed by atoms with E-state index >= 15 is 0 Å². The maximum absolute atomic E-state index is 12.4. The zero-order chi connectivity index (χ0) is 8.77. The van der Waals surface area contributed by atoms with Gasteiger partial charge in [0.2, 0.25) is 0 Å². The largest absolute Gasteiger partial charge is 0.424 e. The summed E-state index contributed by atoms with van der Waals surface area (Å²) in [6, 6.07) is 5.33. The third kappa shape index (κ3) is 0.887. The summed E-state index contributed by atoms with van der Waals surface area (Å²) in [6.45, 7) is 0. The molecular formula is C8H6FNO2. The predicted octanol–water partition coefficient (Wildman–Crippen LogP) is 0.494. The summed E-state index contributed by atoms with van der Waals surface area (Å²) in [7, 11) is 0. The topological polar surface area (TPSA) is 55.6 Å². The lowest BCUT2D eigenvalue weighted by molar-refractivity contribution is -0.117. The first-order chi connectivity index (χ1) is 5.63. The highest BCUT2D eigenvalue weighted by atomic mass is 19.1. The molecule has 62 valence electrons. The molecule has 0 bridgehead atoms. The number of hydrogen-bond acceptors (Lipinski definition) is 3. The van der Waals surface area contributed by atoms with Crippen molar-refractivity contribution < 1.29 is 13.9 Å². The Morgan fingerprint density at radius 1 is 1.33 bits per heavy atom. The summed E-state index contributed by atoms with van der Waals surface area (Å²) in [5.74, 6) is -0.843. The van der Waals surface area contributed by atoms with E-state index in [1.54, 1.807) is 0 Å². The number of carbonyl (C=O) groups excluding carboxylic acids is 1. The first-order valence-corrected chi connectivity index (χ1v) is 3.41. The number of ether oxygens (including phenoxy) is 1. The fourth-order valence-electron chi connectivity index (χ4n) is 0.995. The summed E-state index contributed by atoms with van der Waals surface area (Å²) in [6.07, 6.45) is 0. The van der Waals surface area contributed by atoms with Crippen molar-refractivity contribution in [2.75, 3.05) is 0 Å². The van der Waals surface area contributed by atoms with Crippen LogP contribution in [0.1, 0.15) is 5.56 Å². The van der Waals surface area contributed by atoms with Crippen LogP contribution in [-0.2, 0) is 15.3 Å². The molecule has 0 aliphatic carbocycles. The molecule has 1 aliphatic rings. The molecule has 0 aromatic heterocycles. The van der Waals surface area contributed by atoms with Crippen molar-refractivity contribution in [3.8, 4) is 0 Å². The summed E-state index contributed by atoms with van der Waals surface area (Å²) in [5.41, 5.74) is 4.64. The van der Waals surface area contributed by atoms with Crippen LogP contribution in [0.5, 0.6) is 0 Å². The third-order valence-corrected chi connectivity index (χ3v) is 1.79. The lowest BCUT2D eigenvalue weighted by Crippen LogP contribution is -2.22. The molecule has 1 fully saturated rings. The van der Waals surface area contributed by atoms with Crippen molar-refractivity contribution in [1.29, 1.82) is 0 Å². The smallest absolute Gasteiger partial charge is 0.373 e. The van der Waals surface area contributed by atoms with E-state index in [2.05, 4.69) is 4.74 Å². The number of epoxide rings is 1. The Labute approximate surface area is 67.9 Å². The maximum atomic E-state index is 12.4. The van der Waals surface area contributed by atoms with Crippen LogP contribution in [0, 0.1) is 5.82 Å². The van der Waals surface area contributed by atoms with Crippen LogP contribution in [0.2, 0.25) is 0 Å². The minimum Gasteiger partial charge on any atom is -0.424 e. The van der Waals surface area contributed by atoms with Gasteiger partial charge in [-0.3, -0.25) is 5.73 Å². The van der Waals surface area contributed by atoms with Crippen LogP contribution in [0.4, 0.5) is 4.39 Å². The fraction of sp³-hybridized carbons (Fsp3) is 0.125. The first-order valence-electron chi connectivity index (χ1n) is 3.41. The molecule has 1 saturated heterocycles. The van der Waals surface area contributed by atoms with Crippen molar-refractivity contribution in [2.45, 2.75) is 5.72 Å². The fourth-order valence-corrected chi connectivity index (χ4v) is 0.995. The number of hydrogen-bond donors (Lipinski definition) is 1. The maximum Gasteiger partial charge on any atom is 0.373 e. The van der Waals surface area contributed by atoms with Crippen molar-refractivity contribution >= 4 is 5.97 Å². The number of rotatable bonds is 1. The normalized spacial score (nSPS) is 26.7. The van der Waals surface area contributed by atoms with Gasteiger partial charge in [0, 0.05) is 5.56 Å². The summed E-state index contributed by atoms with van der Waals surface area (Å²) < 4.78 is 17.0. The Kier molecular flexibility index (Phi) is 1.23. The second-order valence-electron chi connectivity index (χ2n) is 2.63. The Hall–Kier alpha value is -1.42. The van der Waals surface area contributed by atoms with Crippen LogP contribution < -0.4 is 5.73 Å². The van der Waals surface area contributed by atoms with Crippen LogP contribution in [0.3, 0.4) is 0 Å². The average Bonchev–Trinajstić information content (AvgIpc) is 2.62. The molecule has 1 heterocycles. The molecule has 12 heavy (non-hydrogen) atoms. The van der Waals surface area contributed by atoms with Crippen LogP contribution in [-0.4, -0.2) is 5.97 Å². The Morgan fingerprint density at radius 3 is 2.25 bits per heavy atom. The minimum absolute atomic E-state index is 0.365. The van der Waals surface area contributed by atoms with Crippen molar-refractivity contribution in [1.82, 2.24) is 0 Å². The van der Waals surface area contributed by atoms with Gasteiger partial charge in [-0.2, -0.15) is 0 Å². The lowest BCUT2D eigenvalue weighted by atomic mass is 10.1.